The van der Waals surface area contributed by atoms with Crippen molar-refractivity contribution in [3.05, 3.63) is 23.4 Å². The molecule has 5 heteroatoms. The minimum absolute atomic E-state index is 0.157. The van der Waals surface area contributed by atoms with Crippen molar-refractivity contribution in [3.8, 4) is 0 Å². The second kappa shape index (κ2) is 3.25. The molecular formula is C9H10O5. The molecule has 0 saturated heterocycles. The van der Waals surface area contributed by atoms with Gasteiger partial charge < -0.3 is 19.3 Å². The lowest BCUT2D eigenvalue weighted by molar-refractivity contribution is -0.141. The molecule has 2 aliphatic rings. The molecule has 0 aromatic carbocycles. The van der Waals surface area contributed by atoms with E-state index in [-0.39, 0.29) is 6.79 Å². The summed E-state index contributed by atoms with van der Waals surface area (Å²) < 4.78 is 15.2. The number of hydrogen-bond donors (Lipinski definition) is 1. The SMILES string of the molecule is COC1=CC2=C(CC1C(=O)O)OCO2. The van der Waals surface area contributed by atoms with E-state index < -0.39 is 11.9 Å². The Morgan fingerprint density at radius 2 is 2.43 bits per heavy atom. The van der Waals surface area contributed by atoms with Crippen molar-refractivity contribution in [3.63, 3.8) is 0 Å². The van der Waals surface area contributed by atoms with Gasteiger partial charge in [0.15, 0.2) is 5.76 Å². The zero-order chi connectivity index (χ0) is 10.1. The highest BCUT2D eigenvalue weighted by atomic mass is 16.7. The summed E-state index contributed by atoms with van der Waals surface area (Å²) in [6, 6.07) is 0. The van der Waals surface area contributed by atoms with Crippen molar-refractivity contribution in [2.75, 3.05) is 13.9 Å². The zero-order valence-corrected chi connectivity index (χ0v) is 7.65. The van der Waals surface area contributed by atoms with Crippen LogP contribution < -0.4 is 0 Å². The van der Waals surface area contributed by atoms with Gasteiger partial charge in [0.1, 0.15) is 17.4 Å². The minimum atomic E-state index is -0.917. The molecular weight excluding hydrogens is 188 g/mol. The van der Waals surface area contributed by atoms with Gasteiger partial charge in [-0.1, -0.05) is 0 Å². The first kappa shape index (κ1) is 8.93. The molecule has 1 atom stereocenters. The molecule has 0 amide bonds. The van der Waals surface area contributed by atoms with E-state index in [1.54, 1.807) is 6.08 Å². The summed E-state index contributed by atoms with van der Waals surface area (Å²) in [6.45, 7) is 0.157. The Hall–Kier alpha value is -1.65. The molecule has 0 bridgehead atoms. The fourth-order valence-corrected chi connectivity index (χ4v) is 1.52. The van der Waals surface area contributed by atoms with Crippen molar-refractivity contribution in [1.29, 1.82) is 0 Å². The molecule has 5 nitrogen and oxygen atoms in total. The average Bonchev–Trinajstić information content (AvgIpc) is 2.62. The van der Waals surface area contributed by atoms with Crippen LogP contribution in [0.1, 0.15) is 6.42 Å². The highest BCUT2D eigenvalue weighted by molar-refractivity contribution is 5.74. The Morgan fingerprint density at radius 1 is 1.64 bits per heavy atom. The highest BCUT2D eigenvalue weighted by Crippen LogP contribution is 2.34. The van der Waals surface area contributed by atoms with Gasteiger partial charge in [0.05, 0.1) is 7.11 Å². The Bertz CT molecular complexity index is 328. The maximum Gasteiger partial charge on any atom is 0.314 e. The lowest BCUT2D eigenvalue weighted by Crippen LogP contribution is -2.21. The molecule has 14 heavy (non-hydrogen) atoms. The maximum atomic E-state index is 10.9. The number of carboxylic acid groups (broad SMARTS) is 1. The Morgan fingerprint density at radius 3 is 3.07 bits per heavy atom. The normalized spacial score (nSPS) is 24.6. The molecule has 2 rings (SSSR count). The standard InChI is InChI=1S/C9H10O5/c1-12-6-3-8-7(13-4-14-8)2-5(6)9(10)11/h3,5H,2,4H2,1H3,(H,10,11). The van der Waals surface area contributed by atoms with Crippen molar-refractivity contribution < 1.29 is 24.1 Å². The molecule has 1 aliphatic heterocycles. The van der Waals surface area contributed by atoms with E-state index in [0.717, 1.165) is 0 Å². The van der Waals surface area contributed by atoms with E-state index in [2.05, 4.69) is 0 Å². The molecule has 0 saturated carbocycles. The fraction of sp³-hybridized carbons (Fsp3) is 0.444. The number of carbonyl (C=O) groups is 1. The van der Waals surface area contributed by atoms with Crippen LogP contribution in [0.2, 0.25) is 0 Å². The smallest absolute Gasteiger partial charge is 0.314 e. The third-order valence-corrected chi connectivity index (χ3v) is 2.26. The fourth-order valence-electron chi connectivity index (χ4n) is 1.52. The molecule has 1 aliphatic carbocycles. The van der Waals surface area contributed by atoms with E-state index in [4.69, 9.17) is 19.3 Å². The van der Waals surface area contributed by atoms with Gasteiger partial charge in [-0.15, -0.1) is 0 Å². The van der Waals surface area contributed by atoms with Crippen LogP contribution in [0.15, 0.2) is 23.4 Å². The Balaban J connectivity index is 2.28. The summed E-state index contributed by atoms with van der Waals surface area (Å²) in [6.07, 6.45) is 1.87. The number of aliphatic carboxylic acids is 1. The monoisotopic (exact) mass is 198 g/mol. The second-order valence-electron chi connectivity index (χ2n) is 3.04. The number of ether oxygens (including phenoxy) is 3. The van der Waals surface area contributed by atoms with Crippen LogP contribution in [0, 0.1) is 5.92 Å². The minimum Gasteiger partial charge on any atom is -0.500 e. The number of allylic oxidation sites excluding steroid dienone is 2. The van der Waals surface area contributed by atoms with E-state index in [1.165, 1.54) is 7.11 Å². The molecule has 1 unspecified atom stereocenters. The summed E-state index contributed by atoms with van der Waals surface area (Å²) in [5.41, 5.74) is 0. The quantitative estimate of drug-likeness (QED) is 0.712. The largest absolute Gasteiger partial charge is 0.500 e. The number of carboxylic acids is 1. The maximum absolute atomic E-state index is 10.9. The summed E-state index contributed by atoms with van der Waals surface area (Å²) in [4.78, 5) is 10.9. The predicted octanol–water partition coefficient (Wildman–Crippen LogP) is 0.837. The topological polar surface area (TPSA) is 65.0 Å². The zero-order valence-electron chi connectivity index (χ0n) is 7.65. The van der Waals surface area contributed by atoms with Crippen LogP contribution >= 0.6 is 0 Å². The highest BCUT2D eigenvalue weighted by Gasteiger charge is 2.33. The van der Waals surface area contributed by atoms with Crippen molar-refractivity contribution in [2.24, 2.45) is 5.92 Å². The van der Waals surface area contributed by atoms with Crippen molar-refractivity contribution >= 4 is 5.97 Å². The number of methoxy groups -OCH3 is 1. The van der Waals surface area contributed by atoms with Gasteiger partial charge in [0.25, 0.3) is 0 Å². The summed E-state index contributed by atoms with van der Waals surface area (Å²) in [7, 11) is 1.45. The molecule has 0 spiro atoms. The van der Waals surface area contributed by atoms with E-state index in [0.29, 0.717) is 23.7 Å². The van der Waals surface area contributed by atoms with Gasteiger partial charge in [-0.3, -0.25) is 4.79 Å². The van der Waals surface area contributed by atoms with E-state index >= 15 is 0 Å². The lowest BCUT2D eigenvalue weighted by atomic mass is 9.96. The summed E-state index contributed by atoms with van der Waals surface area (Å²) >= 11 is 0. The molecule has 0 fully saturated rings. The summed E-state index contributed by atoms with van der Waals surface area (Å²) in [5, 5.41) is 8.92. The van der Waals surface area contributed by atoms with Gasteiger partial charge in [-0.05, 0) is 0 Å². The molecule has 76 valence electrons. The number of hydrogen-bond acceptors (Lipinski definition) is 4. The predicted molar refractivity (Wildman–Crippen MR) is 44.9 cm³/mol. The van der Waals surface area contributed by atoms with Gasteiger partial charge in [0, 0.05) is 12.5 Å². The number of rotatable bonds is 2. The van der Waals surface area contributed by atoms with Crippen LogP contribution in [0.4, 0.5) is 0 Å². The van der Waals surface area contributed by atoms with Gasteiger partial charge in [0.2, 0.25) is 6.79 Å². The first-order valence-electron chi connectivity index (χ1n) is 4.19. The Kier molecular flexibility index (Phi) is 2.07. The average molecular weight is 198 g/mol. The third kappa shape index (κ3) is 1.30. The van der Waals surface area contributed by atoms with Crippen molar-refractivity contribution in [1.82, 2.24) is 0 Å². The third-order valence-electron chi connectivity index (χ3n) is 2.26. The molecule has 0 radical (unpaired) electrons. The summed E-state index contributed by atoms with van der Waals surface area (Å²) in [5.74, 6) is -0.0000926. The van der Waals surface area contributed by atoms with Crippen LogP contribution in [0.5, 0.6) is 0 Å². The second-order valence-corrected chi connectivity index (χ2v) is 3.04. The molecule has 0 aromatic rings. The van der Waals surface area contributed by atoms with Gasteiger partial charge in [-0.25, -0.2) is 0 Å². The van der Waals surface area contributed by atoms with Gasteiger partial charge >= 0.3 is 5.97 Å². The van der Waals surface area contributed by atoms with Crippen LogP contribution in [0.3, 0.4) is 0 Å². The van der Waals surface area contributed by atoms with Crippen molar-refractivity contribution in [2.45, 2.75) is 6.42 Å². The molecule has 1 heterocycles. The van der Waals surface area contributed by atoms with E-state index in [1.807, 2.05) is 0 Å². The van der Waals surface area contributed by atoms with E-state index in [9.17, 15) is 4.79 Å². The van der Waals surface area contributed by atoms with Crippen LogP contribution in [0.25, 0.3) is 0 Å². The first-order chi connectivity index (χ1) is 6.72. The molecule has 1 N–H and O–H groups in total. The van der Waals surface area contributed by atoms with Crippen LogP contribution in [-0.4, -0.2) is 25.0 Å². The first-order valence-corrected chi connectivity index (χ1v) is 4.19. The molecule has 0 aromatic heterocycles. The van der Waals surface area contributed by atoms with Gasteiger partial charge in [-0.2, -0.15) is 0 Å². The van der Waals surface area contributed by atoms with Crippen LogP contribution in [-0.2, 0) is 19.0 Å². The lowest BCUT2D eigenvalue weighted by Gasteiger charge is -2.18. The Labute approximate surface area is 80.6 Å².